The number of aliphatic hydroxyl groups is 1. The first-order valence-corrected chi connectivity index (χ1v) is 6.88. The molecule has 1 aliphatic carbocycles. The Bertz CT molecular complexity index is 480. The number of halogens is 1. The standard InChI is InChI=1S/C13H18ClN3O/c1-7-12(14)15-8(2)16-13(7)17-5-9-3-4-11(18)10(9)6-17/h9-11,18H,3-6H2,1-2H3. The van der Waals surface area contributed by atoms with Gasteiger partial charge in [-0.15, -0.1) is 0 Å². The van der Waals surface area contributed by atoms with Crippen molar-refractivity contribution in [3.05, 3.63) is 16.5 Å². The van der Waals surface area contributed by atoms with Crippen molar-refractivity contribution in [3.8, 4) is 0 Å². The molecule has 3 rings (SSSR count). The normalized spacial score (nSPS) is 30.9. The summed E-state index contributed by atoms with van der Waals surface area (Å²) in [5, 5.41) is 10.5. The maximum Gasteiger partial charge on any atom is 0.137 e. The topological polar surface area (TPSA) is 49.2 Å². The van der Waals surface area contributed by atoms with Gasteiger partial charge in [-0.1, -0.05) is 11.6 Å². The fourth-order valence-corrected chi connectivity index (χ4v) is 3.50. The van der Waals surface area contributed by atoms with Gasteiger partial charge < -0.3 is 10.0 Å². The van der Waals surface area contributed by atoms with Crippen LogP contribution in [0.15, 0.2) is 0 Å². The number of aryl methyl sites for hydroxylation is 1. The molecule has 5 heteroatoms. The van der Waals surface area contributed by atoms with E-state index in [0.29, 0.717) is 22.8 Å². The van der Waals surface area contributed by atoms with Crippen molar-refractivity contribution in [2.45, 2.75) is 32.8 Å². The second kappa shape index (κ2) is 4.35. The molecule has 2 aliphatic rings. The zero-order valence-electron chi connectivity index (χ0n) is 10.7. The minimum atomic E-state index is -0.140. The first-order valence-electron chi connectivity index (χ1n) is 6.50. The Morgan fingerprint density at radius 2 is 2.00 bits per heavy atom. The molecule has 1 saturated carbocycles. The molecule has 0 aromatic carbocycles. The largest absolute Gasteiger partial charge is 0.393 e. The minimum Gasteiger partial charge on any atom is -0.393 e. The van der Waals surface area contributed by atoms with E-state index < -0.39 is 0 Å². The maximum atomic E-state index is 9.96. The Labute approximate surface area is 112 Å². The number of nitrogens with zero attached hydrogens (tertiary/aromatic N) is 3. The van der Waals surface area contributed by atoms with Crippen LogP contribution in [0.1, 0.15) is 24.2 Å². The van der Waals surface area contributed by atoms with Gasteiger partial charge in [-0.2, -0.15) is 0 Å². The summed E-state index contributed by atoms with van der Waals surface area (Å²) >= 11 is 6.12. The molecular formula is C13H18ClN3O. The lowest BCUT2D eigenvalue weighted by Gasteiger charge is -2.21. The lowest BCUT2D eigenvalue weighted by atomic mass is 10.00. The van der Waals surface area contributed by atoms with Gasteiger partial charge in [0.2, 0.25) is 0 Å². The van der Waals surface area contributed by atoms with Crippen molar-refractivity contribution >= 4 is 17.4 Å². The number of aromatic nitrogens is 2. The summed E-state index contributed by atoms with van der Waals surface area (Å²) in [7, 11) is 0. The molecule has 0 spiro atoms. The molecule has 1 saturated heterocycles. The van der Waals surface area contributed by atoms with E-state index in [9.17, 15) is 5.11 Å². The van der Waals surface area contributed by atoms with Gasteiger partial charge in [0.25, 0.3) is 0 Å². The average molecular weight is 268 g/mol. The van der Waals surface area contributed by atoms with E-state index in [1.54, 1.807) is 0 Å². The molecule has 0 amide bonds. The van der Waals surface area contributed by atoms with Crippen LogP contribution in [-0.4, -0.2) is 34.3 Å². The summed E-state index contributed by atoms with van der Waals surface area (Å²) < 4.78 is 0. The number of hydrogen-bond donors (Lipinski definition) is 1. The zero-order chi connectivity index (χ0) is 12.9. The van der Waals surface area contributed by atoms with Gasteiger partial charge in [0, 0.05) is 24.6 Å². The van der Waals surface area contributed by atoms with Crippen molar-refractivity contribution in [1.82, 2.24) is 9.97 Å². The van der Waals surface area contributed by atoms with Crippen LogP contribution < -0.4 is 4.90 Å². The van der Waals surface area contributed by atoms with Crippen molar-refractivity contribution in [1.29, 1.82) is 0 Å². The fraction of sp³-hybridized carbons (Fsp3) is 0.692. The SMILES string of the molecule is Cc1nc(Cl)c(C)c(N2CC3CCC(O)C3C2)n1. The maximum absolute atomic E-state index is 9.96. The van der Waals surface area contributed by atoms with E-state index in [2.05, 4.69) is 14.9 Å². The summed E-state index contributed by atoms with van der Waals surface area (Å²) in [5.41, 5.74) is 0.941. The van der Waals surface area contributed by atoms with E-state index in [4.69, 9.17) is 11.6 Å². The van der Waals surface area contributed by atoms with Crippen LogP contribution in [0.3, 0.4) is 0 Å². The molecular weight excluding hydrogens is 250 g/mol. The Balaban J connectivity index is 1.89. The van der Waals surface area contributed by atoms with Gasteiger partial charge in [-0.25, -0.2) is 9.97 Å². The van der Waals surface area contributed by atoms with Crippen molar-refractivity contribution in [2.24, 2.45) is 11.8 Å². The van der Waals surface area contributed by atoms with E-state index in [-0.39, 0.29) is 6.10 Å². The van der Waals surface area contributed by atoms with E-state index >= 15 is 0 Å². The smallest absolute Gasteiger partial charge is 0.137 e. The lowest BCUT2D eigenvalue weighted by Crippen LogP contribution is -2.26. The molecule has 1 aromatic heterocycles. The Morgan fingerprint density at radius 1 is 1.22 bits per heavy atom. The predicted octanol–water partition coefficient (Wildman–Crippen LogP) is 1.95. The van der Waals surface area contributed by atoms with Crippen LogP contribution in [0.25, 0.3) is 0 Å². The molecule has 1 aromatic rings. The fourth-order valence-electron chi connectivity index (χ4n) is 3.30. The third-order valence-corrected chi connectivity index (χ3v) is 4.66. The van der Waals surface area contributed by atoms with Crippen LogP contribution in [0.4, 0.5) is 5.82 Å². The molecule has 3 atom stereocenters. The number of aliphatic hydroxyl groups excluding tert-OH is 1. The summed E-state index contributed by atoms with van der Waals surface area (Å²) in [4.78, 5) is 10.9. The second-order valence-electron chi connectivity index (χ2n) is 5.48. The predicted molar refractivity (Wildman–Crippen MR) is 70.9 cm³/mol. The molecule has 2 fully saturated rings. The molecule has 18 heavy (non-hydrogen) atoms. The van der Waals surface area contributed by atoms with Crippen LogP contribution >= 0.6 is 11.6 Å². The van der Waals surface area contributed by atoms with Gasteiger partial charge in [0.1, 0.15) is 16.8 Å². The average Bonchev–Trinajstić information content (AvgIpc) is 2.86. The molecule has 0 radical (unpaired) electrons. The lowest BCUT2D eigenvalue weighted by molar-refractivity contribution is 0.133. The molecule has 2 heterocycles. The quantitative estimate of drug-likeness (QED) is 0.791. The Hall–Kier alpha value is -0.870. The highest BCUT2D eigenvalue weighted by Gasteiger charge is 2.42. The second-order valence-corrected chi connectivity index (χ2v) is 5.84. The summed E-state index contributed by atoms with van der Waals surface area (Å²) in [5.74, 6) is 2.65. The minimum absolute atomic E-state index is 0.140. The van der Waals surface area contributed by atoms with Gasteiger partial charge in [-0.3, -0.25) is 0 Å². The summed E-state index contributed by atoms with van der Waals surface area (Å²) in [6, 6.07) is 0. The van der Waals surface area contributed by atoms with Crippen LogP contribution in [0.5, 0.6) is 0 Å². The Kier molecular flexibility index (Phi) is 2.94. The van der Waals surface area contributed by atoms with Crippen LogP contribution in [0.2, 0.25) is 5.15 Å². The molecule has 3 unspecified atom stereocenters. The van der Waals surface area contributed by atoms with Crippen LogP contribution in [0, 0.1) is 25.7 Å². The molecule has 1 N–H and O–H groups in total. The number of fused-ring (bicyclic) bond motifs is 1. The first kappa shape index (κ1) is 12.2. The molecule has 1 aliphatic heterocycles. The zero-order valence-corrected chi connectivity index (χ0v) is 11.5. The highest BCUT2D eigenvalue weighted by molar-refractivity contribution is 6.30. The van der Waals surface area contributed by atoms with Gasteiger partial charge in [0.15, 0.2) is 0 Å². The van der Waals surface area contributed by atoms with Gasteiger partial charge in [0.05, 0.1) is 6.10 Å². The van der Waals surface area contributed by atoms with Crippen molar-refractivity contribution in [3.63, 3.8) is 0 Å². The highest BCUT2D eigenvalue weighted by Crippen LogP contribution is 2.40. The third-order valence-electron chi connectivity index (χ3n) is 4.29. The monoisotopic (exact) mass is 267 g/mol. The highest BCUT2D eigenvalue weighted by atomic mass is 35.5. The number of hydrogen-bond acceptors (Lipinski definition) is 4. The molecule has 0 bridgehead atoms. The van der Waals surface area contributed by atoms with Gasteiger partial charge in [-0.05, 0) is 32.6 Å². The molecule has 98 valence electrons. The van der Waals surface area contributed by atoms with E-state index in [1.807, 2.05) is 13.8 Å². The van der Waals surface area contributed by atoms with Crippen LogP contribution in [-0.2, 0) is 0 Å². The van der Waals surface area contributed by atoms with E-state index in [0.717, 1.165) is 37.3 Å². The van der Waals surface area contributed by atoms with Crippen molar-refractivity contribution in [2.75, 3.05) is 18.0 Å². The summed E-state index contributed by atoms with van der Waals surface area (Å²) in [6.45, 7) is 5.69. The summed E-state index contributed by atoms with van der Waals surface area (Å²) in [6.07, 6.45) is 1.93. The van der Waals surface area contributed by atoms with E-state index in [1.165, 1.54) is 0 Å². The van der Waals surface area contributed by atoms with Crippen molar-refractivity contribution < 1.29 is 5.11 Å². The number of rotatable bonds is 1. The number of anilines is 1. The first-order chi connectivity index (χ1) is 8.56. The third kappa shape index (κ3) is 1.88. The molecule has 4 nitrogen and oxygen atoms in total. The Morgan fingerprint density at radius 3 is 2.72 bits per heavy atom. The van der Waals surface area contributed by atoms with Gasteiger partial charge >= 0.3 is 0 Å².